The minimum atomic E-state index is 1.10. The first-order valence-corrected chi connectivity index (χ1v) is 21.7. The van der Waals surface area contributed by atoms with Crippen LogP contribution in [0, 0.1) is 0 Å². The van der Waals surface area contributed by atoms with Gasteiger partial charge in [0, 0.05) is 17.1 Å². The van der Waals surface area contributed by atoms with Crippen molar-refractivity contribution >= 4 is 38.6 Å². The van der Waals surface area contributed by atoms with Crippen LogP contribution >= 0.6 is 0 Å². The number of nitrogens with zero attached hydrogens (tertiary/aromatic N) is 1. The van der Waals surface area contributed by atoms with Crippen molar-refractivity contribution in [2.75, 3.05) is 4.90 Å². The molecule has 0 aliphatic heterocycles. The molecule has 11 rings (SSSR count). The van der Waals surface area contributed by atoms with Gasteiger partial charge in [-0.05, 0) is 131 Å². The quantitative estimate of drug-likeness (QED) is 0.141. The van der Waals surface area contributed by atoms with E-state index < -0.39 is 0 Å². The summed E-state index contributed by atoms with van der Waals surface area (Å²) >= 11 is 0. The van der Waals surface area contributed by atoms with Crippen LogP contribution in [0.5, 0.6) is 0 Å². The Balaban J connectivity index is 1.02. The molecule has 1 heteroatoms. The molecule has 0 N–H and O–H groups in total. The summed E-state index contributed by atoms with van der Waals surface area (Å²) in [5.41, 5.74) is 17.8. The average Bonchev–Trinajstić information content (AvgIpc) is 3.37. The highest BCUT2D eigenvalue weighted by Gasteiger charge is 2.19. The summed E-state index contributed by atoms with van der Waals surface area (Å²) in [6.45, 7) is 0. The van der Waals surface area contributed by atoms with Gasteiger partial charge in [0.1, 0.15) is 0 Å². The molecular weight excluding hydrogens is 759 g/mol. The van der Waals surface area contributed by atoms with E-state index in [0.717, 1.165) is 17.1 Å². The lowest BCUT2D eigenvalue weighted by Gasteiger charge is -2.26. The lowest BCUT2D eigenvalue weighted by atomic mass is 9.84. The zero-order valence-corrected chi connectivity index (χ0v) is 34.8. The third-order valence-electron chi connectivity index (χ3n) is 12.3. The van der Waals surface area contributed by atoms with E-state index in [1.54, 1.807) is 0 Å². The first kappa shape index (κ1) is 37.7. The summed E-state index contributed by atoms with van der Waals surface area (Å²) in [6.07, 6.45) is 0. The molecular formula is C62H43N. The fourth-order valence-electron chi connectivity index (χ4n) is 9.20. The molecule has 296 valence electrons. The normalized spacial score (nSPS) is 11.2. The Morgan fingerprint density at radius 1 is 0.206 bits per heavy atom. The number of rotatable bonds is 9. The molecule has 0 atom stereocenters. The van der Waals surface area contributed by atoms with Gasteiger partial charge >= 0.3 is 0 Å². The molecule has 0 aliphatic rings. The van der Waals surface area contributed by atoms with Crippen molar-refractivity contribution in [3.05, 3.63) is 261 Å². The lowest BCUT2D eigenvalue weighted by Crippen LogP contribution is -2.09. The maximum atomic E-state index is 2.37. The van der Waals surface area contributed by atoms with Crippen LogP contribution in [0.3, 0.4) is 0 Å². The first-order valence-electron chi connectivity index (χ1n) is 21.7. The minimum Gasteiger partial charge on any atom is -0.310 e. The van der Waals surface area contributed by atoms with Gasteiger partial charge < -0.3 is 4.90 Å². The van der Waals surface area contributed by atoms with Crippen molar-refractivity contribution in [3.8, 4) is 66.8 Å². The van der Waals surface area contributed by atoms with Gasteiger partial charge in [-0.1, -0.05) is 218 Å². The van der Waals surface area contributed by atoms with Gasteiger partial charge in [0.15, 0.2) is 0 Å². The second-order valence-corrected chi connectivity index (χ2v) is 16.1. The Bertz CT molecular complexity index is 3350. The number of hydrogen-bond acceptors (Lipinski definition) is 1. The number of fused-ring (bicyclic) bond motifs is 2. The Morgan fingerprint density at radius 2 is 0.619 bits per heavy atom. The summed E-state index contributed by atoms with van der Waals surface area (Å²) in [5.74, 6) is 0. The van der Waals surface area contributed by atoms with Crippen LogP contribution in [-0.2, 0) is 0 Å². The van der Waals surface area contributed by atoms with Gasteiger partial charge in [-0.3, -0.25) is 0 Å². The third-order valence-corrected chi connectivity index (χ3v) is 12.3. The fraction of sp³-hybridized carbons (Fsp3) is 0. The van der Waals surface area contributed by atoms with E-state index in [-0.39, 0.29) is 0 Å². The highest BCUT2D eigenvalue weighted by molar-refractivity contribution is 6.02. The SMILES string of the molecule is c1ccc(-c2ccc(N(c3ccc(-c4cccc5ccccc45)cc3)c3ccc4cc(-c5cccc(-c6ccccc6)c5-c5ccccc5-c5ccccc5)ccc4c3)cc2)cc1. The zero-order valence-electron chi connectivity index (χ0n) is 34.8. The Morgan fingerprint density at radius 3 is 1.32 bits per heavy atom. The number of hydrogen-bond donors (Lipinski definition) is 0. The van der Waals surface area contributed by atoms with Crippen molar-refractivity contribution in [3.63, 3.8) is 0 Å². The summed E-state index contributed by atoms with van der Waals surface area (Å²) < 4.78 is 0. The Labute approximate surface area is 369 Å². The van der Waals surface area contributed by atoms with E-state index in [1.165, 1.54) is 88.3 Å². The summed E-state index contributed by atoms with van der Waals surface area (Å²) in [6, 6.07) is 94.6. The van der Waals surface area contributed by atoms with Crippen molar-refractivity contribution < 1.29 is 0 Å². The van der Waals surface area contributed by atoms with E-state index in [2.05, 4.69) is 266 Å². The lowest BCUT2D eigenvalue weighted by molar-refractivity contribution is 1.29. The topological polar surface area (TPSA) is 3.24 Å². The second kappa shape index (κ2) is 16.7. The molecule has 0 amide bonds. The molecule has 1 nitrogen and oxygen atoms in total. The largest absolute Gasteiger partial charge is 0.310 e. The molecule has 0 aromatic heterocycles. The van der Waals surface area contributed by atoms with Crippen LogP contribution in [0.15, 0.2) is 261 Å². The van der Waals surface area contributed by atoms with Crippen LogP contribution in [0.25, 0.3) is 88.3 Å². The standard InChI is InChI=1S/C62H43N/c1-4-16-44(17-5-1)45-32-37-53(38-33-45)63(54-39-34-49(35-40-54)57-27-14-23-47-22-10-11-24-56(47)57)55-41-36-50-42-52(31-30-51(50)43-55)60-29-15-28-59(48-20-8-3-9-21-48)62(60)61-26-13-12-25-58(61)46-18-6-2-7-19-46/h1-43H. The van der Waals surface area contributed by atoms with Gasteiger partial charge in [0.25, 0.3) is 0 Å². The molecule has 11 aromatic rings. The second-order valence-electron chi connectivity index (χ2n) is 16.1. The van der Waals surface area contributed by atoms with Crippen molar-refractivity contribution in [2.24, 2.45) is 0 Å². The van der Waals surface area contributed by atoms with Gasteiger partial charge in [-0.15, -0.1) is 0 Å². The van der Waals surface area contributed by atoms with Crippen LogP contribution in [0.2, 0.25) is 0 Å². The zero-order chi connectivity index (χ0) is 42.0. The molecule has 0 heterocycles. The van der Waals surface area contributed by atoms with Crippen LogP contribution in [0.4, 0.5) is 17.1 Å². The first-order chi connectivity index (χ1) is 31.2. The van der Waals surface area contributed by atoms with Gasteiger partial charge in [0.05, 0.1) is 0 Å². The molecule has 0 bridgehead atoms. The van der Waals surface area contributed by atoms with Gasteiger partial charge in [0.2, 0.25) is 0 Å². The van der Waals surface area contributed by atoms with E-state index >= 15 is 0 Å². The fourth-order valence-corrected chi connectivity index (χ4v) is 9.20. The molecule has 0 aliphatic carbocycles. The molecule has 0 saturated heterocycles. The molecule has 0 radical (unpaired) electrons. The highest BCUT2D eigenvalue weighted by Crippen LogP contribution is 2.45. The summed E-state index contributed by atoms with van der Waals surface area (Å²) in [7, 11) is 0. The van der Waals surface area contributed by atoms with Crippen LogP contribution in [-0.4, -0.2) is 0 Å². The molecule has 11 aromatic carbocycles. The predicted molar refractivity (Wildman–Crippen MR) is 269 cm³/mol. The van der Waals surface area contributed by atoms with Crippen LogP contribution < -0.4 is 4.90 Å². The van der Waals surface area contributed by atoms with Crippen molar-refractivity contribution in [1.82, 2.24) is 0 Å². The van der Waals surface area contributed by atoms with E-state index in [9.17, 15) is 0 Å². The average molecular weight is 802 g/mol. The summed E-state index contributed by atoms with van der Waals surface area (Å²) in [5, 5.41) is 4.87. The Hall–Kier alpha value is -8.26. The molecule has 0 spiro atoms. The monoisotopic (exact) mass is 801 g/mol. The van der Waals surface area contributed by atoms with E-state index in [1.807, 2.05) is 0 Å². The summed E-state index contributed by atoms with van der Waals surface area (Å²) in [4.78, 5) is 2.37. The van der Waals surface area contributed by atoms with Crippen molar-refractivity contribution in [2.45, 2.75) is 0 Å². The Kier molecular flexibility index (Phi) is 9.97. The molecule has 63 heavy (non-hydrogen) atoms. The molecule has 0 saturated carbocycles. The number of benzene rings is 11. The molecule has 0 fully saturated rings. The van der Waals surface area contributed by atoms with Gasteiger partial charge in [-0.25, -0.2) is 0 Å². The molecule has 0 unspecified atom stereocenters. The number of anilines is 3. The smallest absolute Gasteiger partial charge is 0.0468 e. The van der Waals surface area contributed by atoms with E-state index in [4.69, 9.17) is 0 Å². The van der Waals surface area contributed by atoms with Crippen LogP contribution in [0.1, 0.15) is 0 Å². The maximum absolute atomic E-state index is 2.37. The minimum absolute atomic E-state index is 1.10. The third kappa shape index (κ3) is 7.37. The predicted octanol–water partition coefficient (Wildman–Crippen LogP) is 17.5. The maximum Gasteiger partial charge on any atom is 0.0468 e. The van der Waals surface area contributed by atoms with Crippen molar-refractivity contribution in [1.29, 1.82) is 0 Å². The van der Waals surface area contributed by atoms with E-state index in [0.29, 0.717) is 0 Å². The highest BCUT2D eigenvalue weighted by atomic mass is 15.1. The van der Waals surface area contributed by atoms with Gasteiger partial charge in [-0.2, -0.15) is 0 Å².